The smallest absolute Gasteiger partial charge is 0.255 e. The fraction of sp³-hybridized carbons (Fsp3) is 0.0714. The summed E-state index contributed by atoms with van der Waals surface area (Å²) >= 11 is 0. The molecule has 1 heterocycles. The van der Waals surface area contributed by atoms with Gasteiger partial charge >= 0.3 is 0 Å². The van der Waals surface area contributed by atoms with Gasteiger partial charge in [0.2, 0.25) is 0 Å². The summed E-state index contributed by atoms with van der Waals surface area (Å²) in [6, 6.07) is 10.2. The number of aromatic nitrogens is 1. The number of carbonyl (C=O) groups is 1. The van der Waals surface area contributed by atoms with E-state index in [4.69, 9.17) is 10.00 Å². The molecule has 1 aromatic carbocycles. The SMILES string of the molecule is COc1cccc(C#N)c1NC(=O)c1ccncc1. The second-order valence-electron chi connectivity index (χ2n) is 3.68. The van der Waals surface area contributed by atoms with Crippen LogP contribution in [0.4, 0.5) is 5.69 Å². The molecule has 5 heteroatoms. The largest absolute Gasteiger partial charge is 0.495 e. The number of benzene rings is 1. The number of nitriles is 1. The molecule has 0 saturated heterocycles. The number of hydrogen-bond acceptors (Lipinski definition) is 4. The molecule has 1 amide bonds. The molecular weight excluding hydrogens is 242 g/mol. The number of nitrogens with zero attached hydrogens (tertiary/aromatic N) is 2. The summed E-state index contributed by atoms with van der Waals surface area (Å²) in [5, 5.41) is 11.7. The van der Waals surface area contributed by atoms with Crippen molar-refractivity contribution in [1.29, 1.82) is 5.26 Å². The van der Waals surface area contributed by atoms with E-state index in [1.165, 1.54) is 19.5 Å². The number of methoxy groups -OCH3 is 1. The number of anilines is 1. The fourth-order valence-corrected chi connectivity index (χ4v) is 1.61. The quantitative estimate of drug-likeness (QED) is 0.910. The first-order valence-corrected chi connectivity index (χ1v) is 5.54. The van der Waals surface area contributed by atoms with E-state index in [1.54, 1.807) is 30.3 Å². The van der Waals surface area contributed by atoms with E-state index in [2.05, 4.69) is 10.3 Å². The van der Waals surface area contributed by atoms with E-state index in [0.717, 1.165) is 0 Å². The normalized spacial score (nSPS) is 9.47. The Morgan fingerprint density at radius 1 is 1.32 bits per heavy atom. The minimum Gasteiger partial charge on any atom is -0.495 e. The second kappa shape index (κ2) is 5.65. The number of carbonyl (C=O) groups excluding carboxylic acids is 1. The predicted molar refractivity (Wildman–Crippen MR) is 69.9 cm³/mol. The van der Waals surface area contributed by atoms with Crippen molar-refractivity contribution in [1.82, 2.24) is 4.98 Å². The molecule has 0 radical (unpaired) electrons. The lowest BCUT2D eigenvalue weighted by atomic mass is 10.1. The van der Waals surface area contributed by atoms with Gasteiger partial charge in [-0.2, -0.15) is 5.26 Å². The van der Waals surface area contributed by atoms with Crippen LogP contribution in [0.5, 0.6) is 5.75 Å². The summed E-state index contributed by atoms with van der Waals surface area (Å²) in [6.45, 7) is 0. The van der Waals surface area contributed by atoms with Crippen LogP contribution in [0, 0.1) is 11.3 Å². The maximum absolute atomic E-state index is 12.0. The van der Waals surface area contributed by atoms with Gasteiger partial charge in [-0.3, -0.25) is 9.78 Å². The van der Waals surface area contributed by atoms with Crippen LogP contribution in [0.2, 0.25) is 0 Å². The fourth-order valence-electron chi connectivity index (χ4n) is 1.61. The first-order valence-electron chi connectivity index (χ1n) is 5.54. The van der Waals surface area contributed by atoms with E-state index in [9.17, 15) is 4.79 Å². The molecule has 0 bridgehead atoms. The molecular formula is C14H11N3O2. The molecule has 0 spiro atoms. The lowest BCUT2D eigenvalue weighted by molar-refractivity contribution is 0.102. The molecule has 94 valence electrons. The number of amides is 1. The third-order valence-electron chi connectivity index (χ3n) is 2.55. The van der Waals surface area contributed by atoms with Crippen LogP contribution in [-0.2, 0) is 0 Å². The third-order valence-corrected chi connectivity index (χ3v) is 2.55. The van der Waals surface area contributed by atoms with E-state index in [-0.39, 0.29) is 5.91 Å². The van der Waals surface area contributed by atoms with E-state index >= 15 is 0 Å². The van der Waals surface area contributed by atoms with Gasteiger partial charge in [-0.25, -0.2) is 0 Å². The summed E-state index contributed by atoms with van der Waals surface area (Å²) in [5.41, 5.74) is 1.18. The van der Waals surface area contributed by atoms with E-state index in [1.807, 2.05) is 6.07 Å². The van der Waals surface area contributed by atoms with Gasteiger partial charge in [0, 0.05) is 18.0 Å². The predicted octanol–water partition coefficient (Wildman–Crippen LogP) is 2.21. The topological polar surface area (TPSA) is 75.0 Å². The van der Waals surface area contributed by atoms with Crippen molar-refractivity contribution in [3.8, 4) is 11.8 Å². The van der Waals surface area contributed by atoms with Crippen molar-refractivity contribution in [2.45, 2.75) is 0 Å². The Bertz CT molecular complexity index is 633. The highest BCUT2D eigenvalue weighted by molar-refractivity contribution is 6.05. The highest BCUT2D eigenvalue weighted by Gasteiger charge is 2.13. The number of rotatable bonds is 3. The molecule has 0 unspecified atom stereocenters. The molecule has 19 heavy (non-hydrogen) atoms. The Morgan fingerprint density at radius 3 is 2.68 bits per heavy atom. The average Bonchev–Trinajstić information content (AvgIpc) is 2.48. The third kappa shape index (κ3) is 2.69. The summed E-state index contributed by atoms with van der Waals surface area (Å²) in [4.78, 5) is 15.9. The zero-order chi connectivity index (χ0) is 13.7. The Hall–Kier alpha value is -2.87. The van der Waals surface area contributed by atoms with Gasteiger partial charge in [0.15, 0.2) is 0 Å². The van der Waals surface area contributed by atoms with Gasteiger partial charge in [-0.15, -0.1) is 0 Å². The highest BCUT2D eigenvalue weighted by Crippen LogP contribution is 2.28. The number of pyridine rings is 1. The maximum Gasteiger partial charge on any atom is 0.255 e. The van der Waals surface area contributed by atoms with Crippen molar-refractivity contribution in [2.24, 2.45) is 0 Å². The number of hydrogen-bond donors (Lipinski definition) is 1. The number of para-hydroxylation sites is 1. The minimum atomic E-state index is -0.316. The summed E-state index contributed by atoms with van der Waals surface area (Å²) < 4.78 is 5.15. The molecule has 0 saturated carbocycles. The van der Waals surface area contributed by atoms with Crippen molar-refractivity contribution in [3.63, 3.8) is 0 Å². The summed E-state index contributed by atoms with van der Waals surface area (Å²) in [5.74, 6) is 0.129. The Kier molecular flexibility index (Phi) is 3.74. The molecule has 0 aliphatic carbocycles. The molecule has 2 aromatic rings. The van der Waals surface area contributed by atoms with Gasteiger partial charge < -0.3 is 10.1 Å². The average molecular weight is 253 g/mol. The summed E-state index contributed by atoms with van der Waals surface area (Å²) in [7, 11) is 1.48. The van der Waals surface area contributed by atoms with Gasteiger partial charge in [0.1, 0.15) is 17.5 Å². The van der Waals surface area contributed by atoms with Crippen LogP contribution in [0.15, 0.2) is 42.7 Å². The van der Waals surface area contributed by atoms with E-state index < -0.39 is 0 Å². The molecule has 2 rings (SSSR count). The lowest BCUT2D eigenvalue weighted by Gasteiger charge is -2.11. The van der Waals surface area contributed by atoms with Crippen LogP contribution >= 0.6 is 0 Å². The molecule has 1 aromatic heterocycles. The second-order valence-corrected chi connectivity index (χ2v) is 3.68. The van der Waals surface area contributed by atoms with Crippen molar-refractivity contribution in [3.05, 3.63) is 53.9 Å². The number of nitrogens with one attached hydrogen (secondary N) is 1. The maximum atomic E-state index is 12.0. The molecule has 1 N–H and O–H groups in total. The first kappa shape index (κ1) is 12.6. The van der Waals surface area contributed by atoms with Crippen LogP contribution in [0.3, 0.4) is 0 Å². The molecule has 0 aliphatic heterocycles. The first-order chi connectivity index (χ1) is 9.26. The van der Waals surface area contributed by atoms with Crippen LogP contribution in [0.25, 0.3) is 0 Å². The Morgan fingerprint density at radius 2 is 2.05 bits per heavy atom. The van der Waals surface area contributed by atoms with Crippen LogP contribution in [-0.4, -0.2) is 18.0 Å². The standard InChI is InChI=1S/C14H11N3O2/c1-19-12-4-2-3-11(9-15)13(12)17-14(18)10-5-7-16-8-6-10/h2-8H,1H3,(H,17,18). The lowest BCUT2D eigenvalue weighted by Crippen LogP contribution is -2.13. The molecule has 0 atom stereocenters. The van der Waals surface area contributed by atoms with E-state index in [0.29, 0.717) is 22.6 Å². The molecule has 0 fully saturated rings. The van der Waals surface area contributed by atoms with Crippen molar-refractivity contribution >= 4 is 11.6 Å². The zero-order valence-electron chi connectivity index (χ0n) is 10.3. The monoisotopic (exact) mass is 253 g/mol. The Labute approximate surface area is 110 Å². The van der Waals surface area contributed by atoms with Gasteiger partial charge in [0.25, 0.3) is 5.91 Å². The van der Waals surface area contributed by atoms with Crippen LogP contribution in [0.1, 0.15) is 15.9 Å². The highest BCUT2D eigenvalue weighted by atomic mass is 16.5. The zero-order valence-corrected chi connectivity index (χ0v) is 10.3. The Balaban J connectivity index is 2.34. The van der Waals surface area contributed by atoms with Crippen molar-refractivity contribution in [2.75, 3.05) is 12.4 Å². The van der Waals surface area contributed by atoms with Gasteiger partial charge in [-0.05, 0) is 24.3 Å². The van der Waals surface area contributed by atoms with Crippen LogP contribution < -0.4 is 10.1 Å². The molecule has 5 nitrogen and oxygen atoms in total. The number of ether oxygens (including phenoxy) is 1. The minimum absolute atomic E-state index is 0.316. The van der Waals surface area contributed by atoms with Crippen molar-refractivity contribution < 1.29 is 9.53 Å². The summed E-state index contributed by atoms with van der Waals surface area (Å²) in [6.07, 6.45) is 3.06. The van der Waals surface area contributed by atoms with Gasteiger partial charge in [0.05, 0.1) is 12.7 Å². The van der Waals surface area contributed by atoms with Gasteiger partial charge in [-0.1, -0.05) is 6.07 Å². The molecule has 0 aliphatic rings.